The second-order valence-electron chi connectivity index (χ2n) is 4.86. The predicted molar refractivity (Wildman–Crippen MR) is 81.1 cm³/mol. The summed E-state index contributed by atoms with van der Waals surface area (Å²) in [6.07, 6.45) is 0. The first-order valence-electron chi connectivity index (χ1n) is 6.24. The number of nitrogens with two attached hydrogens (primary N) is 1. The number of carbonyl (C=O) groups excluding carboxylic acids is 2. The minimum Gasteiger partial charge on any atom is -0.465 e. The average molecular weight is 329 g/mol. The van der Waals surface area contributed by atoms with Crippen molar-refractivity contribution in [3.8, 4) is 0 Å². The molecule has 1 amide bonds. The molecule has 2 N–H and O–H groups in total. The molecule has 8 nitrogen and oxygen atoms in total. The maximum atomic E-state index is 11.9. The zero-order chi connectivity index (χ0) is 17.1. The number of methoxy groups -OCH3 is 1. The van der Waals surface area contributed by atoms with Gasteiger partial charge in [0.1, 0.15) is 0 Å². The molecule has 0 radical (unpaired) electrons. The van der Waals surface area contributed by atoms with Gasteiger partial charge in [-0.3, -0.25) is 4.79 Å². The van der Waals surface area contributed by atoms with E-state index in [4.69, 9.17) is 5.14 Å². The highest BCUT2D eigenvalue weighted by Crippen LogP contribution is 2.23. The summed E-state index contributed by atoms with van der Waals surface area (Å²) < 4.78 is 27.4. The molecule has 1 aromatic rings. The van der Waals surface area contributed by atoms with Crippen molar-refractivity contribution in [1.29, 1.82) is 0 Å². The number of rotatable bonds is 5. The number of primary sulfonamides is 1. The Morgan fingerprint density at radius 2 is 1.82 bits per heavy atom. The lowest BCUT2D eigenvalue weighted by atomic mass is 10.1. The summed E-state index contributed by atoms with van der Waals surface area (Å²) in [4.78, 5) is 26.3. The zero-order valence-corrected chi connectivity index (χ0v) is 13.7. The fraction of sp³-hybridized carbons (Fsp3) is 0.385. The van der Waals surface area contributed by atoms with E-state index in [-0.39, 0.29) is 22.9 Å². The molecule has 0 heterocycles. The van der Waals surface area contributed by atoms with Crippen LogP contribution in [-0.2, 0) is 19.6 Å². The van der Waals surface area contributed by atoms with E-state index in [0.717, 1.165) is 6.07 Å². The summed E-state index contributed by atoms with van der Waals surface area (Å²) in [5, 5.41) is 5.06. The van der Waals surface area contributed by atoms with Crippen molar-refractivity contribution < 1.29 is 22.7 Å². The summed E-state index contributed by atoms with van der Waals surface area (Å²) in [5.41, 5.74) is 0.387. The number of sulfonamides is 1. The Morgan fingerprint density at radius 3 is 2.27 bits per heavy atom. The fourth-order valence-electron chi connectivity index (χ4n) is 1.73. The topological polar surface area (TPSA) is 110 Å². The van der Waals surface area contributed by atoms with Crippen molar-refractivity contribution in [2.45, 2.75) is 4.90 Å². The molecular formula is C13H19N3O5S. The van der Waals surface area contributed by atoms with Gasteiger partial charge in [-0.2, -0.15) is 0 Å². The maximum absolute atomic E-state index is 11.9. The van der Waals surface area contributed by atoms with Crippen LogP contribution in [0.5, 0.6) is 0 Å². The molecule has 0 bridgehead atoms. The highest BCUT2D eigenvalue weighted by atomic mass is 32.2. The molecule has 0 aliphatic rings. The number of amides is 1. The number of esters is 1. The van der Waals surface area contributed by atoms with E-state index in [9.17, 15) is 18.0 Å². The first kappa shape index (κ1) is 17.9. The van der Waals surface area contributed by atoms with Crippen molar-refractivity contribution >= 4 is 27.6 Å². The van der Waals surface area contributed by atoms with Crippen LogP contribution in [0.15, 0.2) is 23.1 Å². The molecule has 22 heavy (non-hydrogen) atoms. The van der Waals surface area contributed by atoms with Crippen molar-refractivity contribution in [2.24, 2.45) is 5.14 Å². The number of hydrogen-bond acceptors (Lipinski definition) is 6. The van der Waals surface area contributed by atoms with E-state index in [1.165, 1.54) is 29.0 Å². The SMILES string of the molecule is COC(=O)c1cc(S(N)(=O)=O)ccc1N(C)CC(=O)N(C)C. The van der Waals surface area contributed by atoms with Crippen LogP contribution in [0.4, 0.5) is 5.69 Å². The minimum absolute atomic E-state index is 0.0167. The van der Waals surface area contributed by atoms with Gasteiger partial charge in [0.25, 0.3) is 0 Å². The number of nitrogens with zero attached hydrogens (tertiary/aromatic N) is 2. The van der Waals surface area contributed by atoms with Crippen LogP contribution < -0.4 is 10.0 Å². The molecule has 9 heteroatoms. The molecule has 1 aromatic carbocycles. The van der Waals surface area contributed by atoms with E-state index >= 15 is 0 Å². The summed E-state index contributed by atoms with van der Waals surface area (Å²) in [6.45, 7) is 0.0196. The van der Waals surface area contributed by atoms with Crippen LogP contribution in [0.1, 0.15) is 10.4 Å². The Hall–Kier alpha value is -2.13. The molecule has 0 atom stereocenters. The van der Waals surface area contributed by atoms with Gasteiger partial charge in [-0.05, 0) is 18.2 Å². The van der Waals surface area contributed by atoms with Gasteiger partial charge in [0, 0.05) is 21.1 Å². The molecule has 1 rings (SSSR count). The molecule has 0 spiro atoms. The highest BCUT2D eigenvalue weighted by molar-refractivity contribution is 7.89. The van der Waals surface area contributed by atoms with E-state index in [2.05, 4.69) is 4.74 Å². The standard InChI is InChI=1S/C13H19N3O5S/c1-15(2)12(17)8-16(3)11-6-5-9(22(14,19)20)7-10(11)13(18)21-4/h5-7H,8H2,1-4H3,(H2,14,19,20). The van der Waals surface area contributed by atoms with E-state index in [1.807, 2.05) is 0 Å². The third-order valence-corrected chi connectivity index (χ3v) is 3.90. The van der Waals surface area contributed by atoms with Gasteiger partial charge in [-0.25, -0.2) is 18.4 Å². The lowest BCUT2D eigenvalue weighted by Crippen LogP contribution is -2.35. The van der Waals surface area contributed by atoms with Gasteiger partial charge in [0.05, 0.1) is 29.8 Å². The summed E-state index contributed by atoms with van der Waals surface area (Å²) in [6, 6.07) is 3.82. The normalized spacial score (nSPS) is 11.0. The Kier molecular flexibility index (Phi) is 5.50. The van der Waals surface area contributed by atoms with E-state index in [1.54, 1.807) is 21.1 Å². The lowest BCUT2D eigenvalue weighted by Gasteiger charge is -2.23. The van der Waals surface area contributed by atoms with E-state index in [0.29, 0.717) is 5.69 Å². The third-order valence-electron chi connectivity index (χ3n) is 2.98. The van der Waals surface area contributed by atoms with Gasteiger partial charge in [0.15, 0.2) is 0 Å². The summed E-state index contributed by atoms with van der Waals surface area (Å²) >= 11 is 0. The van der Waals surface area contributed by atoms with Crippen LogP contribution in [0, 0.1) is 0 Å². The maximum Gasteiger partial charge on any atom is 0.340 e. The number of benzene rings is 1. The summed E-state index contributed by atoms with van der Waals surface area (Å²) in [5.74, 6) is -0.890. The fourth-order valence-corrected chi connectivity index (χ4v) is 2.27. The molecule has 0 aliphatic carbocycles. The van der Waals surface area contributed by atoms with E-state index < -0.39 is 16.0 Å². The number of likely N-dealkylation sites (N-methyl/N-ethyl adjacent to an activating group) is 2. The number of ether oxygens (including phenoxy) is 1. The average Bonchev–Trinajstić information content (AvgIpc) is 2.44. The Morgan fingerprint density at radius 1 is 1.23 bits per heavy atom. The smallest absolute Gasteiger partial charge is 0.340 e. The van der Waals surface area contributed by atoms with Gasteiger partial charge in [-0.1, -0.05) is 0 Å². The predicted octanol–water partition coefficient (Wildman–Crippen LogP) is -0.355. The van der Waals surface area contributed by atoms with Crippen LogP contribution >= 0.6 is 0 Å². The Bertz CT molecular complexity index is 685. The Labute approximate surface area is 129 Å². The van der Waals surface area contributed by atoms with Crippen molar-refractivity contribution in [3.63, 3.8) is 0 Å². The number of carbonyl (C=O) groups is 2. The van der Waals surface area contributed by atoms with Gasteiger partial charge in [-0.15, -0.1) is 0 Å². The van der Waals surface area contributed by atoms with Crippen molar-refractivity contribution in [1.82, 2.24) is 4.90 Å². The molecule has 0 unspecified atom stereocenters. The zero-order valence-electron chi connectivity index (χ0n) is 12.9. The van der Waals surface area contributed by atoms with Crippen molar-refractivity contribution in [3.05, 3.63) is 23.8 Å². The number of anilines is 1. The van der Waals surface area contributed by atoms with Gasteiger partial charge >= 0.3 is 5.97 Å². The monoisotopic (exact) mass is 329 g/mol. The third kappa shape index (κ3) is 4.18. The van der Waals surface area contributed by atoms with Crippen LogP contribution in [0.2, 0.25) is 0 Å². The molecule has 0 aliphatic heterocycles. The van der Waals surface area contributed by atoms with Crippen molar-refractivity contribution in [2.75, 3.05) is 39.7 Å². The van der Waals surface area contributed by atoms with Gasteiger partial charge in [0.2, 0.25) is 15.9 Å². The Balaban J connectivity index is 3.29. The molecule has 0 saturated carbocycles. The van der Waals surface area contributed by atoms with Crippen LogP contribution in [-0.4, -0.2) is 60.0 Å². The van der Waals surface area contributed by atoms with Gasteiger partial charge < -0.3 is 14.5 Å². The molecule has 0 fully saturated rings. The summed E-state index contributed by atoms with van der Waals surface area (Å²) in [7, 11) is 2.07. The first-order valence-corrected chi connectivity index (χ1v) is 7.79. The second-order valence-corrected chi connectivity index (χ2v) is 6.42. The van der Waals surface area contributed by atoms with Crippen LogP contribution in [0.25, 0.3) is 0 Å². The second kappa shape index (κ2) is 6.75. The minimum atomic E-state index is -3.95. The molecular weight excluding hydrogens is 310 g/mol. The molecule has 0 saturated heterocycles. The lowest BCUT2D eigenvalue weighted by molar-refractivity contribution is -0.127. The quantitative estimate of drug-likeness (QED) is 0.739. The molecule has 122 valence electrons. The first-order chi connectivity index (χ1) is 10.1. The largest absolute Gasteiger partial charge is 0.465 e. The number of hydrogen-bond donors (Lipinski definition) is 1. The highest BCUT2D eigenvalue weighted by Gasteiger charge is 2.20. The molecule has 0 aromatic heterocycles. The van der Waals surface area contributed by atoms with Crippen LogP contribution in [0.3, 0.4) is 0 Å².